The Morgan fingerprint density at radius 3 is 2.46 bits per heavy atom. The quantitative estimate of drug-likeness (QED) is 0.220. The van der Waals surface area contributed by atoms with Crippen LogP contribution in [0.4, 0.5) is 11.4 Å². The molecule has 3 N–H and O–H groups in total. The van der Waals surface area contributed by atoms with E-state index < -0.39 is 11.8 Å². The summed E-state index contributed by atoms with van der Waals surface area (Å²) < 4.78 is 11.2. The van der Waals surface area contributed by atoms with Gasteiger partial charge in [0, 0.05) is 5.69 Å². The van der Waals surface area contributed by atoms with Crippen molar-refractivity contribution in [2.75, 3.05) is 23.8 Å². The summed E-state index contributed by atoms with van der Waals surface area (Å²) in [6.45, 7) is 1.85. The summed E-state index contributed by atoms with van der Waals surface area (Å²) in [7, 11) is 0. The van der Waals surface area contributed by atoms with Gasteiger partial charge in [0.2, 0.25) is 0 Å². The number of carbonyl (C=O) groups is 2. The van der Waals surface area contributed by atoms with E-state index in [9.17, 15) is 20.0 Å². The second-order valence-electron chi connectivity index (χ2n) is 7.13. The summed E-state index contributed by atoms with van der Waals surface area (Å²) in [5, 5.41) is 24.5. The van der Waals surface area contributed by atoms with Crippen LogP contribution in [0.25, 0.3) is 6.08 Å². The topological polar surface area (TPSA) is 121 Å². The van der Waals surface area contributed by atoms with Gasteiger partial charge in [-0.1, -0.05) is 29.8 Å². The fourth-order valence-electron chi connectivity index (χ4n) is 2.95. The SMILES string of the molecule is CCOc1cc(/C=C(\C#N)C(=O)Nc2ccc(O)cc2)ccc1OCC(=O)Nc1ccccc1Cl. The fourth-order valence-corrected chi connectivity index (χ4v) is 3.14. The molecule has 0 atom stereocenters. The average molecular weight is 492 g/mol. The first-order chi connectivity index (χ1) is 16.9. The number of phenolic OH excluding ortho intramolecular Hbond substituents is 1. The molecule has 3 aromatic carbocycles. The Labute approximate surface area is 207 Å². The number of ether oxygens (including phenoxy) is 2. The molecule has 3 rings (SSSR count). The average Bonchev–Trinajstić information content (AvgIpc) is 2.85. The van der Waals surface area contributed by atoms with Gasteiger partial charge in [0.1, 0.15) is 17.4 Å². The third-order valence-electron chi connectivity index (χ3n) is 4.58. The first-order valence-electron chi connectivity index (χ1n) is 10.6. The predicted octanol–water partition coefficient (Wildman–Crippen LogP) is 5.01. The summed E-state index contributed by atoms with van der Waals surface area (Å²) >= 11 is 6.05. The lowest BCUT2D eigenvalue weighted by atomic mass is 10.1. The molecule has 0 saturated heterocycles. The highest BCUT2D eigenvalue weighted by atomic mass is 35.5. The number of halogens is 1. The van der Waals surface area contributed by atoms with E-state index in [2.05, 4.69) is 10.6 Å². The molecule has 0 radical (unpaired) electrons. The van der Waals surface area contributed by atoms with Crippen LogP contribution in [0.3, 0.4) is 0 Å². The van der Waals surface area contributed by atoms with Gasteiger partial charge in [-0.2, -0.15) is 5.26 Å². The first kappa shape index (κ1) is 25.1. The number of nitrogens with zero attached hydrogens (tertiary/aromatic N) is 1. The number of nitrogens with one attached hydrogen (secondary N) is 2. The van der Waals surface area contributed by atoms with Crippen LogP contribution in [-0.2, 0) is 9.59 Å². The summed E-state index contributed by atoms with van der Waals surface area (Å²) in [4.78, 5) is 24.8. The molecule has 0 unspecified atom stereocenters. The minimum absolute atomic E-state index is 0.0613. The largest absolute Gasteiger partial charge is 0.508 e. The lowest BCUT2D eigenvalue weighted by Gasteiger charge is -2.13. The number of hydrogen-bond acceptors (Lipinski definition) is 6. The van der Waals surface area contributed by atoms with Crippen LogP contribution in [0.2, 0.25) is 5.02 Å². The maximum Gasteiger partial charge on any atom is 0.266 e. The number of hydrogen-bond donors (Lipinski definition) is 3. The van der Waals surface area contributed by atoms with E-state index in [-0.39, 0.29) is 17.9 Å². The molecule has 0 aromatic heterocycles. The lowest BCUT2D eigenvalue weighted by molar-refractivity contribution is -0.118. The minimum Gasteiger partial charge on any atom is -0.508 e. The van der Waals surface area contributed by atoms with Gasteiger partial charge >= 0.3 is 0 Å². The smallest absolute Gasteiger partial charge is 0.266 e. The number of anilines is 2. The van der Waals surface area contributed by atoms with Crippen molar-refractivity contribution in [3.05, 3.63) is 82.9 Å². The van der Waals surface area contributed by atoms with Crippen LogP contribution >= 0.6 is 11.6 Å². The maximum absolute atomic E-state index is 12.5. The zero-order chi connectivity index (χ0) is 25.2. The molecule has 9 heteroatoms. The number of aromatic hydroxyl groups is 1. The molecular formula is C26H22ClN3O5. The highest BCUT2D eigenvalue weighted by molar-refractivity contribution is 6.33. The van der Waals surface area contributed by atoms with Crippen molar-refractivity contribution in [1.82, 2.24) is 0 Å². The van der Waals surface area contributed by atoms with Crippen molar-refractivity contribution < 1.29 is 24.2 Å². The van der Waals surface area contributed by atoms with Gasteiger partial charge in [0.15, 0.2) is 18.1 Å². The minimum atomic E-state index is -0.604. The Hall–Kier alpha value is -4.48. The summed E-state index contributed by atoms with van der Waals surface area (Å²) in [5.41, 5.74) is 1.30. The number of phenols is 1. The Morgan fingerprint density at radius 1 is 1.03 bits per heavy atom. The molecule has 35 heavy (non-hydrogen) atoms. The fraction of sp³-hybridized carbons (Fsp3) is 0.115. The van der Waals surface area contributed by atoms with E-state index in [0.29, 0.717) is 40.1 Å². The molecular weight excluding hydrogens is 470 g/mol. The van der Waals surface area contributed by atoms with Crippen molar-refractivity contribution in [1.29, 1.82) is 5.26 Å². The van der Waals surface area contributed by atoms with E-state index in [1.54, 1.807) is 49.4 Å². The van der Waals surface area contributed by atoms with E-state index in [1.807, 2.05) is 6.07 Å². The molecule has 0 aliphatic rings. The number of amides is 2. The first-order valence-corrected chi connectivity index (χ1v) is 10.9. The highest BCUT2D eigenvalue weighted by Gasteiger charge is 2.13. The Bertz CT molecular complexity index is 1280. The normalized spacial score (nSPS) is 10.7. The molecule has 0 aliphatic heterocycles. The van der Waals surface area contributed by atoms with Crippen LogP contribution < -0.4 is 20.1 Å². The highest BCUT2D eigenvalue weighted by Crippen LogP contribution is 2.30. The summed E-state index contributed by atoms with van der Waals surface area (Å²) in [6.07, 6.45) is 1.41. The van der Waals surface area contributed by atoms with Crippen LogP contribution in [0, 0.1) is 11.3 Å². The molecule has 8 nitrogen and oxygen atoms in total. The number of benzene rings is 3. The second kappa shape index (κ2) is 12.1. The van der Waals surface area contributed by atoms with Crippen molar-refractivity contribution in [2.45, 2.75) is 6.92 Å². The third-order valence-corrected chi connectivity index (χ3v) is 4.91. The number of rotatable bonds is 9. The molecule has 178 valence electrons. The molecule has 0 heterocycles. The molecule has 0 saturated carbocycles. The van der Waals surface area contributed by atoms with Crippen LogP contribution in [-0.4, -0.2) is 30.1 Å². The van der Waals surface area contributed by atoms with E-state index in [0.717, 1.165) is 0 Å². The molecule has 0 spiro atoms. The van der Waals surface area contributed by atoms with Crippen molar-refractivity contribution >= 4 is 40.9 Å². The van der Waals surface area contributed by atoms with Crippen LogP contribution in [0.1, 0.15) is 12.5 Å². The van der Waals surface area contributed by atoms with E-state index in [1.165, 1.54) is 30.3 Å². The number of nitriles is 1. The van der Waals surface area contributed by atoms with E-state index in [4.69, 9.17) is 21.1 Å². The third kappa shape index (κ3) is 7.25. The summed E-state index contributed by atoms with van der Waals surface area (Å²) in [5.74, 6) is -0.269. The molecule has 0 bridgehead atoms. The lowest BCUT2D eigenvalue weighted by Crippen LogP contribution is -2.20. The van der Waals surface area contributed by atoms with E-state index >= 15 is 0 Å². The zero-order valence-electron chi connectivity index (χ0n) is 18.7. The molecule has 2 amide bonds. The monoisotopic (exact) mass is 491 g/mol. The van der Waals surface area contributed by atoms with Gasteiger partial charge in [-0.3, -0.25) is 9.59 Å². The predicted molar refractivity (Wildman–Crippen MR) is 134 cm³/mol. The second-order valence-corrected chi connectivity index (χ2v) is 7.53. The Morgan fingerprint density at radius 2 is 1.77 bits per heavy atom. The Kier molecular flexibility index (Phi) is 8.70. The number of carbonyl (C=O) groups excluding carboxylic acids is 2. The zero-order valence-corrected chi connectivity index (χ0v) is 19.5. The van der Waals surface area contributed by atoms with Gasteiger partial charge in [-0.05, 0) is 67.1 Å². The summed E-state index contributed by atoms with van der Waals surface area (Å²) in [6, 6.07) is 19.4. The van der Waals surface area contributed by atoms with Gasteiger partial charge in [-0.25, -0.2) is 0 Å². The standard InChI is InChI=1S/C26H22ClN3O5/c1-2-34-24-14-17(13-18(15-28)26(33)29-19-8-10-20(31)11-9-19)7-12-23(24)35-16-25(32)30-22-6-4-3-5-21(22)27/h3-14,31H,2,16H2,1H3,(H,29,33)(H,30,32)/b18-13+. The van der Waals surface area contributed by atoms with Crippen molar-refractivity contribution in [3.8, 4) is 23.3 Å². The Balaban J connectivity index is 1.71. The van der Waals surface area contributed by atoms with Gasteiger partial charge in [0.05, 0.1) is 17.3 Å². The molecule has 3 aromatic rings. The van der Waals surface area contributed by atoms with Gasteiger partial charge in [0.25, 0.3) is 11.8 Å². The van der Waals surface area contributed by atoms with Crippen molar-refractivity contribution in [3.63, 3.8) is 0 Å². The van der Waals surface area contributed by atoms with Gasteiger partial charge < -0.3 is 25.2 Å². The van der Waals surface area contributed by atoms with Crippen LogP contribution in [0.5, 0.6) is 17.2 Å². The molecule has 0 fully saturated rings. The van der Waals surface area contributed by atoms with Gasteiger partial charge in [-0.15, -0.1) is 0 Å². The maximum atomic E-state index is 12.5. The van der Waals surface area contributed by atoms with Crippen LogP contribution in [0.15, 0.2) is 72.3 Å². The molecule has 0 aliphatic carbocycles. The number of para-hydroxylation sites is 1. The van der Waals surface area contributed by atoms with Crippen molar-refractivity contribution in [2.24, 2.45) is 0 Å².